The number of benzene rings is 3. The Bertz CT molecular complexity index is 752. The van der Waals surface area contributed by atoms with Gasteiger partial charge >= 0.3 is 164 Å². The van der Waals surface area contributed by atoms with Gasteiger partial charge in [-0.1, -0.05) is 0 Å². The number of aliphatic hydroxyl groups is 1. The molecule has 1 aliphatic rings. The van der Waals surface area contributed by atoms with Crippen molar-refractivity contribution in [3.63, 3.8) is 0 Å². The number of rotatable bonds is 5. The molecule has 2 unspecified atom stereocenters. The molecule has 0 spiro atoms. The Hall–Kier alpha value is -1.22. The van der Waals surface area contributed by atoms with Crippen LogP contribution in [0.25, 0.3) is 0 Å². The average molecular weight is 460 g/mol. The number of halogens is 1. The first-order valence-corrected chi connectivity index (χ1v) is 12.3. The summed E-state index contributed by atoms with van der Waals surface area (Å²) in [6, 6.07) is 33.1. The first-order chi connectivity index (χ1) is 12.3. The standard InChI is InChI=1S/C22H22IOP/c23-22-21(16-17-24)25(22,18-10-4-1-5-11-18,19-12-6-2-7-13-19)20-14-8-3-9-15-20/h1-15,21-22,24H,16-17H2. The molecular formula is C22H22IOP. The summed E-state index contributed by atoms with van der Waals surface area (Å²) >= 11 is 2.66. The molecule has 1 fully saturated rings. The summed E-state index contributed by atoms with van der Waals surface area (Å²) in [6.45, 7) is -2.32. The van der Waals surface area contributed by atoms with Gasteiger partial charge in [-0.15, -0.1) is 0 Å². The minimum atomic E-state index is -2.57. The van der Waals surface area contributed by atoms with Crippen LogP contribution in [0.1, 0.15) is 6.42 Å². The number of aliphatic hydroxyl groups excluding tert-OH is 1. The van der Waals surface area contributed by atoms with Crippen molar-refractivity contribution in [1.29, 1.82) is 0 Å². The average Bonchev–Trinajstić information content (AvgIpc) is 3.25. The molecule has 1 aliphatic heterocycles. The number of hydrogen-bond acceptors (Lipinski definition) is 1. The summed E-state index contributed by atoms with van der Waals surface area (Å²) in [5.74, 6) is 0. The van der Waals surface area contributed by atoms with Crippen LogP contribution in [0.3, 0.4) is 0 Å². The molecule has 128 valence electrons. The summed E-state index contributed by atoms with van der Waals surface area (Å²) < 4.78 is 0.517. The predicted octanol–water partition coefficient (Wildman–Crippen LogP) is 4.04. The number of alkyl halides is 1. The maximum absolute atomic E-state index is 9.80. The van der Waals surface area contributed by atoms with Gasteiger partial charge in [0.05, 0.1) is 0 Å². The van der Waals surface area contributed by atoms with E-state index < -0.39 is 6.60 Å². The molecule has 0 radical (unpaired) electrons. The summed E-state index contributed by atoms with van der Waals surface area (Å²) in [5, 5.41) is 14.1. The molecule has 0 aliphatic carbocycles. The topological polar surface area (TPSA) is 20.2 Å². The van der Waals surface area contributed by atoms with Crippen molar-refractivity contribution >= 4 is 45.1 Å². The molecule has 25 heavy (non-hydrogen) atoms. The second kappa shape index (κ2) is 6.50. The van der Waals surface area contributed by atoms with E-state index in [0.717, 1.165) is 6.42 Å². The second-order valence-corrected chi connectivity index (χ2v) is 14.3. The van der Waals surface area contributed by atoms with Crippen LogP contribution in [0.2, 0.25) is 0 Å². The van der Waals surface area contributed by atoms with Crippen molar-refractivity contribution in [2.24, 2.45) is 0 Å². The van der Waals surface area contributed by atoms with E-state index in [1.807, 2.05) is 0 Å². The van der Waals surface area contributed by atoms with Gasteiger partial charge in [0.15, 0.2) is 0 Å². The van der Waals surface area contributed by atoms with Crippen LogP contribution in [0.5, 0.6) is 0 Å². The summed E-state index contributed by atoms with van der Waals surface area (Å²) in [5.41, 5.74) is 0.490. The van der Waals surface area contributed by atoms with Gasteiger partial charge in [0.2, 0.25) is 0 Å². The summed E-state index contributed by atoms with van der Waals surface area (Å²) in [4.78, 5) is 0. The molecule has 1 heterocycles. The Morgan fingerprint density at radius 3 is 1.36 bits per heavy atom. The van der Waals surface area contributed by atoms with Gasteiger partial charge in [0, 0.05) is 0 Å². The Morgan fingerprint density at radius 2 is 1.04 bits per heavy atom. The van der Waals surface area contributed by atoms with Crippen molar-refractivity contribution < 1.29 is 5.11 Å². The Morgan fingerprint density at radius 1 is 0.680 bits per heavy atom. The van der Waals surface area contributed by atoms with Gasteiger partial charge in [-0.3, -0.25) is 0 Å². The Labute approximate surface area is 163 Å². The van der Waals surface area contributed by atoms with Crippen molar-refractivity contribution in [2.75, 3.05) is 6.61 Å². The van der Waals surface area contributed by atoms with Crippen molar-refractivity contribution in [1.82, 2.24) is 0 Å². The van der Waals surface area contributed by atoms with Gasteiger partial charge in [0.25, 0.3) is 0 Å². The fraction of sp³-hybridized carbons (Fsp3) is 0.182. The molecule has 0 bridgehead atoms. The number of hydrogen-bond donors (Lipinski definition) is 1. The first-order valence-electron chi connectivity index (χ1n) is 8.70. The van der Waals surface area contributed by atoms with E-state index in [-0.39, 0.29) is 6.61 Å². The van der Waals surface area contributed by atoms with Crippen LogP contribution >= 0.6 is 29.2 Å². The first kappa shape index (κ1) is 17.2. The van der Waals surface area contributed by atoms with Crippen molar-refractivity contribution in [2.45, 2.75) is 15.7 Å². The van der Waals surface area contributed by atoms with Gasteiger partial charge in [-0.25, -0.2) is 0 Å². The fourth-order valence-electron chi connectivity index (χ4n) is 4.71. The molecule has 1 nitrogen and oxygen atoms in total. The van der Waals surface area contributed by atoms with E-state index in [1.165, 1.54) is 15.9 Å². The van der Waals surface area contributed by atoms with Gasteiger partial charge in [-0.2, -0.15) is 0 Å². The van der Waals surface area contributed by atoms with Crippen LogP contribution in [0.4, 0.5) is 0 Å². The SMILES string of the molecule is OCCC1C(I)P1(c1ccccc1)(c1ccccc1)c1ccccc1. The van der Waals surface area contributed by atoms with Crippen LogP contribution in [0, 0.1) is 0 Å². The van der Waals surface area contributed by atoms with E-state index in [9.17, 15) is 5.11 Å². The van der Waals surface area contributed by atoms with Crippen molar-refractivity contribution in [3.8, 4) is 0 Å². The normalized spacial score (nSPS) is 24.8. The summed E-state index contributed by atoms with van der Waals surface area (Å²) in [7, 11) is 0. The van der Waals surface area contributed by atoms with Gasteiger partial charge < -0.3 is 0 Å². The van der Waals surface area contributed by atoms with Crippen LogP contribution in [0.15, 0.2) is 91.0 Å². The third kappa shape index (κ3) is 2.14. The predicted molar refractivity (Wildman–Crippen MR) is 118 cm³/mol. The maximum atomic E-state index is 9.80. The molecule has 3 aromatic carbocycles. The zero-order valence-electron chi connectivity index (χ0n) is 14.0. The fourth-order valence-corrected chi connectivity index (χ4v) is 18.3. The van der Waals surface area contributed by atoms with Crippen LogP contribution < -0.4 is 15.9 Å². The van der Waals surface area contributed by atoms with Crippen LogP contribution in [-0.4, -0.2) is 21.0 Å². The van der Waals surface area contributed by atoms with Gasteiger partial charge in [0.1, 0.15) is 0 Å². The van der Waals surface area contributed by atoms with Crippen LogP contribution in [-0.2, 0) is 0 Å². The molecule has 0 amide bonds. The van der Waals surface area contributed by atoms with Gasteiger partial charge in [-0.05, 0) is 0 Å². The van der Waals surface area contributed by atoms with E-state index in [1.54, 1.807) is 0 Å². The van der Waals surface area contributed by atoms with E-state index in [2.05, 4.69) is 114 Å². The second-order valence-electron chi connectivity index (χ2n) is 6.72. The molecule has 4 rings (SSSR count). The molecule has 3 aromatic rings. The van der Waals surface area contributed by atoms with E-state index in [4.69, 9.17) is 0 Å². The Balaban J connectivity index is 2.12. The molecule has 1 saturated heterocycles. The van der Waals surface area contributed by atoms with E-state index >= 15 is 0 Å². The molecule has 0 aromatic heterocycles. The third-order valence-corrected chi connectivity index (χ3v) is 17.9. The molecule has 2 atom stereocenters. The molecule has 0 saturated carbocycles. The monoisotopic (exact) mass is 460 g/mol. The molecular weight excluding hydrogens is 438 g/mol. The summed E-state index contributed by atoms with van der Waals surface area (Å²) in [6.07, 6.45) is 0.851. The zero-order chi connectivity index (χ0) is 17.4. The third-order valence-electron chi connectivity index (χ3n) is 5.79. The van der Waals surface area contributed by atoms with E-state index in [0.29, 0.717) is 9.32 Å². The Kier molecular flexibility index (Phi) is 4.47. The zero-order valence-corrected chi connectivity index (χ0v) is 17.1. The molecule has 3 heteroatoms. The molecule has 1 N–H and O–H groups in total. The minimum absolute atomic E-state index is 0.245. The quantitative estimate of drug-likeness (QED) is 0.346. The van der Waals surface area contributed by atoms with Crippen molar-refractivity contribution in [3.05, 3.63) is 91.0 Å².